The quantitative estimate of drug-likeness (QED) is 0.550. The number of hydrogen-bond acceptors (Lipinski definition) is 4. The average molecular weight is 281 g/mol. The van der Waals surface area contributed by atoms with Gasteiger partial charge in [-0.15, -0.1) is 0 Å². The molecule has 1 heterocycles. The van der Waals surface area contributed by atoms with Crippen LogP contribution in [-0.2, 0) is 9.59 Å². The third-order valence-electron chi connectivity index (χ3n) is 2.60. The molecule has 108 valence electrons. The minimum absolute atomic E-state index is 0.189. The molecule has 0 aliphatic rings. The minimum Gasteiger partial charge on any atom is -0.480 e. The molecule has 1 aromatic rings. The van der Waals surface area contributed by atoms with E-state index in [0.717, 1.165) is 0 Å². The third kappa shape index (κ3) is 3.67. The van der Waals surface area contributed by atoms with Gasteiger partial charge in [-0.3, -0.25) is 14.4 Å². The molecule has 2 amide bonds. The number of pyridine rings is 1. The summed E-state index contributed by atoms with van der Waals surface area (Å²) in [5.41, 5.74) is 5.08. The predicted octanol–water partition coefficient (Wildman–Crippen LogP) is -0.950. The molecule has 0 aromatic carbocycles. The van der Waals surface area contributed by atoms with Crippen molar-refractivity contribution < 1.29 is 19.5 Å². The first-order valence-electron chi connectivity index (χ1n) is 5.75. The normalized spacial score (nSPS) is 11.7. The van der Waals surface area contributed by atoms with Gasteiger partial charge in [-0.2, -0.15) is 0 Å². The largest absolute Gasteiger partial charge is 0.480 e. The highest BCUT2D eigenvalue weighted by molar-refractivity contribution is 5.98. The topological polar surface area (TPSA) is 142 Å². The first kappa shape index (κ1) is 15.4. The van der Waals surface area contributed by atoms with Crippen molar-refractivity contribution in [3.05, 3.63) is 33.2 Å². The molecule has 0 aliphatic heterocycles. The molecule has 8 heteroatoms. The number of primary amides is 1. The Kier molecular flexibility index (Phi) is 4.63. The SMILES string of the molecule is Cc1cc(C)c(C(=O)N[C@H](CC(N)=O)C(=O)O)c(=O)[nH]1. The Morgan fingerprint density at radius 3 is 2.45 bits per heavy atom. The Labute approximate surface area is 114 Å². The van der Waals surface area contributed by atoms with Crippen molar-refractivity contribution in [3.8, 4) is 0 Å². The number of carboxylic acid groups (broad SMARTS) is 1. The smallest absolute Gasteiger partial charge is 0.326 e. The van der Waals surface area contributed by atoms with Gasteiger partial charge in [0.25, 0.3) is 11.5 Å². The second-order valence-corrected chi connectivity index (χ2v) is 4.37. The zero-order valence-corrected chi connectivity index (χ0v) is 11.0. The highest BCUT2D eigenvalue weighted by Crippen LogP contribution is 2.04. The van der Waals surface area contributed by atoms with Crippen molar-refractivity contribution in [1.82, 2.24) is 10.3 Å². The molecule has 0 aliphatic carbocycles. The summed E-state index contributed by atoms with van der Waals surface area (Å²) in [6.07, 6.45) is -0.552. The van der Waals surface area contributed by atoms with E-state index in [1.54, 1.807) is 19.9 Å². The van der Waals surface area contributed by atoms with E-state index in [0.29, 0.717) is 11.3 Å². The number of aromatic nitrogens is 1. The van der Waals surface area contributed by atoms with Gasteiger partial charge in [0, 0.05) is 5.69 Å². The molecule has 20 heavy (non-hydrogen) atoms. The standard InChI is InChI=1S/C12H15N3O5/c1-5-3-6(2)14-10(17)9(5)11(18)15-7(12(19)20)4-8(13)16/h3,7H,4H2,1-2H3,(H2,13,16)(H,14,17)(H,15,18)(H,19,20)/t7-/m1/s1. The zero-order valence-electron chi connectivity index (χ0n) is 11.0. The number of amides is 2. The number of nitrogens with one attached hydrogen (secondary N) is 2. The van der Waals surface area contributed by atoms with E-state index in [9.17, 15) is 19.2 Å². The van der Waals surface area contributed by atoms with Crippen molar-refractivity contribution >= 4 is 17.8 Å². The zero-order chi connectivity index (χ0) is 15.4. The lowest BCUT2D eigenvalue weighted by molar-refractivity contribution is -0.140. The van der Waals surface area contributed by atoms with Crippen LogP contribution < -0.4 is 16.6 Å². The van der Waals surface area contributed by atoms with E-state index in [1.165, 1.54) is 0 Å². The number of H-pyrrole nitrogens is 1. The second-order valence-electron chi connectivity index (χ2n) is 4.37. The van der Waals surface area contributed by atoms with Crippen molar-refractivity contribution in [3.63, 3.8) is 0 Å². The monoisotopic (exact) mass is 281 g/mol. The van der Waals surface area contributed by atoms with Crippen LogP contribution in [0.3, 0.4) is 0 Å². The summed E-state index contributed by atoms with van der Waals surface area (Å²) < 4.78 is 0. The van der Waals surface area contributed by atoms with Gasteiger partial charge in [0.05, 0.1) is 6.42 Å². The molecule has 1 atom stereocenters. The van der Waals surface area contributed by atoms with E-state index >= 15 is 0 Å². The van der Waals surface area contributed by atoms with Gasteiger partial charge in [-0.25, -0.2) is 4.79 Å². The molecule has 0 unspecified atom stereocenters. The molecular formula is C12H15N3O5. The Morgan fingerprint density at radius 2 is 2.00 bits per heavy atom. The molecule has 0 saturated carbocycles. The van der Waals surface area contributed by atoms with Gasteiger partial charge in [0.15, 0.2) is 0 Å². The summed E-state index contributed by atoms with van der Waals surface area (Å²) in [7, 11) is 0. The number of carbonyl (C=O) groups is 3. The van der Waals surface area contributed by atoms with Crippen molar-refractivity contribution in [1.29, 1.82) is 0 Å². The lowest BCUT2D eigenvalue weighted by atomic mass is 10.1. The van der Waals surface area contributed by atoms with E-state index in [-0.39, 0.29) is 5.56 Å². The summed E-state index contributed by atoms with van der Waals surface area (Å²) in [5.74, 6) is -3.14. The first-order chi connectivity index (χ1) is 9.22. The van der Waals surface area contributed by atoms with Gasteiger partial charge >= 0.3 is 5.97 Å². The number of rotatable bonds is 5. The highest BCUT2D eigenvalue weighted by Gasteiger charge is 2.24. The first-order valence-corrected chi connectivity index (χ1v) is 5.75. The average Bonchev–Trinajstić information content (AvgIpc) is 2.25. The maximum absolute atomic E-state index is 11.9. The number of nitrogens with two attached hydrogens (primary N) is 1. The molecular weight excluding hydrogens is 266 g/mol. The number of aryl methyl sites for hydroxylation is 2. The van der Waals surface area contributed by atoms with Gasteiger partial charge in [0.1, 0.15) is 11.6 Å². The van der Waals surface area contributed by atoms with Crippen molar-refractivity contribution in [2.75, 3.05) is 0 Å². The fraction of sp³-hybridized carbons (Fsp3) is 0.333. The van der Waals surface area contributed by atoms with Gasteiger partial charge in [0.2, 0.25) is 5.91 Å². The molecule has 5 N–H and O–H groups in total. The number of aromatic amines is 1. The van der Waals surface area contributed by atoms with Crippen LogP contribution in [0.15, 0.2) is 10.9 Å². The van der Waals surface area contributed by atoms with Crippen LogP contribution in [-0.4, -0.2) is 33.9 Å². The minimum atomic E-state index is -1.47. The number of carbonyl (C=O) groups excluding carboxylic acids is 2. The fourth-order valence-corrected chi connectivity index (χ4v) is 1.77. The Morgan fingerprint density at radius 1 is 1.40 bits per heavy atom. The molecule has 0 radical (unpaired) electrons. The van der Waals surface area contributed by atoms with E-state index < -0.39 is 35.8 Å². The molecule has 1 aromatic heterocycles. The summed E-state index contributed by atoms with van der Waals surface area (Å²) >= 11 is 0. The number of aliphatic carboxylic acids is 1. The molecule has 0 bridgehead atoms. The Bertz CT molecular complexity index is 620. The van der Waals surface area contributed by atoms with Crippen LogP contribution >= 0.6 is 0 Å². The molecule has 0 fully saturated rings. The lowest BCUT2D eigenvalue weighted by Gasteiger charge is -2.13. The number of hydrogen-bond donors (Lipinski definition) is 4. The van der Waals surface area contributed by atoms with Crippen LogP contribution in [0.4, 0.5) is 0 Å². The Balaban J connectivity index is 3.04. The predicted molar refractivity (Wildman–Crippen MR) is 69.2 cm³/mol. The van der Waals surface area contributed by atoms with Gasteiger partial charge < -0.3 is 21.1 Å². The molecule has 0 spiro atoms. The van der Waals surface area contributed by atoms with Crippen LogP contribution in [0, 0.1) is 13.8 Å². The molecule has 0 saturated heterocycles. The molecule has 8 nitrogen and oxygen atoms in total. The molecule has 1 rings (SSSR count). The van der Waals surface area contributed by atoms with Gasteiger partial charge in [-0.1, -0.05) is 0 Å². The Hall–Kier alpha value is -2.64. The van der Waals surface area contributed by atoms with Crippen LogP contribution in [0.5, 0.6) is 0 Å². The van der Waals surface area contributed by atoms with Crippen molar-refractivity contribution in [2.24, 2.45) is 5.73 Å². The van der Waals surface area contributed by atoms with Crippen LogP contribution in [0.25, 0.3) is 0 Å². The lowest BCUT2D eigenvalue weighted by Crippen LogP contribution is -2.45. The summed E-state index contributed by atoms with van der Waals surface area (Å²) in [6, 6.07) is 0.111. The fourth-order valence-electron chi connectivity index (χ4n) is 1.77. The third-order valence-corrected chi connectivity index (χ3v) is 2.60. The maximum Gasteiger partial charge on any atom is 0.326 e. The van der Waals surface area contributed by atoms with E-state index in [1.807, 2.05) is 0 Å². The summed E-state index contributed by atoms with van der Waals surface area (Å²) in [4.78, 5) is 47.8. The number of carboxylic acids is 1. The maximum atomic E-state index is 11.9. The highest BCUT2D eigenvalue weighted by atomic mass is 16.4. The van der Waals surface area contributed by atoms with Gasteiger partial charge in [-0.05, 0) is 25.5 Å². The van der Waals surface area contributed by atoms with E-state index in [2.05, 4.69) is 10.3 Å². The van der Waals surface area contributed by atoms with Crippen LogP contribution in [0.2, 0.25) is 0 Å². The van der Waals surface area contributed by atoms with Crippen LogP contribution in [0.1, 0.15) is 28.0 Å². The van der Waals surface area contributed by atoms with Crippen molar-refractivity contribution in [2.45, 2.75) is 26.3 Å². The summed E-state index contributed by atoms with van der Waals surface area (Å²) in [5, 5.41) is 11.0. The second kappa shape index (κ2) is 6.00. The van der Waals surface area contributed by atoms with E-state index in [4.69, 9.17) is 10.8 Å². The summed E-state index contributed by atoms with van der Waals surface area (Å²) in [6.45, 7) is 3.21.